The Morgan fingerprint density at radius 2 is 1.36 bits per heavy atom. The molecule has 3 aromatic rings. The van der Waals surface area contributed by atoms with Crippen LogP contribution in [0.15, 0.2) is 103 Å². The highest BCUT2D eigenvalue weighted by Gasteiger charge is 2.63. The lowest BCUT2D eigenvalue weighted by atomic mass is 9.85. The molecule has 2 saturated heterocycles. The van der Waals surface area contributed by atoms with Crippen LogP contribution in [0.25, 0.3) is 0 Å². The van der Waals surface area contributed by atoms with Crippen molar-refractivity contribution in [3.63, 3.8) is 0 Å². The minimum absolute atomic E-state index is 0.0158. The van der Waals surface area contributed by atoms with Gasteiger partial charge in [-0.15, -0.1) is 0 Å². The summed E-state index contributed by atoms with van der Waals surface area (Å²) in [6.45, 7) is 0.0892. The Balaban J connectivity index is 1.34. The van der Waals surface area contributed by atoms with E-state index in [1.807, 2.05) is 42.5 Å². The second-order valence-corrected chi connectivity index (χ2v) is 10.5. The molecule has 0 saturated carbocycles. The van der Waals surface area contributed by atoms with Crippen molar-refractivity contribution < 1.29 is 24.2 Å². The van der Waals surface area contributed by atoms with E-state index in [4.69, 9.17) is 0 Å². The summed E-state index contributed by atoms with van der Waals surface area (Å²) >= 11 is 0. The van der Waals surface area contributed by atoms with Crippen molar-refractivity contribution in [3.05, 3.63) is 140 Å². The van der Waals surface area contributed by atoms with E-state index in [-0.39, 0.29) is 29.4 Å². The van der Waals surface area contributed by atoms with Gasteiger partial charge in [0.2, 0.25) is 11.8 Å². The first kappa shape index (κ1) is 26.8. The van der Waals surface area contributed by atoms with Crippen LogP contribution in [0.2, 0.25) is 0 Å². The molecule has 0 radical (unpaired) electrons. The number of rotatable bonds is 8. The van der Waals surface area contributed by atoms with Crippen LogP contribution in [0.3, 0.4) is 0 Å². The fourth-order valence-electron chi connectivity index (χ4n) is 6.09. The Kier molecular flexibility index (Phi) is 6.69. The number of allylic oxidation sites excluding steroid dienone is 2. The van der Waals surface area contributed by atoms with E-state index in [1.165, 1.54) is 41.3 Å². The molecule has 0 spiro atoms. The largest absolute Gasteiger partial charge is 0.359 e. The number of hydrogen-bond acceptors (Lipinski definition) is 8. The molecule has 3 aliphatic heterocycles. The maximum absolute atomic E-state index is 13.9. The third kappa shape index (κ3) is 4.64. The number of amides is 2. The third-order valence-electron chi connectivity index (χ3n) is 8.08. The summed E-state index contributed by atoms with van der Waals surface area (Å²) in [5.41, 5.74) is 2.49. The van der Waals surface area contributed by atoms with E-state index < -0.39 is 45.5 Å². The van der Waals surface area contributed by atoms with Gasteiger partial charge < -0.3 is 4.90 Å². The van der Waals surface area contributed by atoms with E-state index >= 15 is 0 Å². The Bertz CT molecular complexity index is 1670. The van der Waals surface area contributed by atoms with Crippen LogP contribution in [0.1, 0.15) is 21.5 Å². The van der Waals surface area contributed by atoms with Gasteiger partial charge in [-0.3, -0.25) is 39.5 Å². The highest BCUT2D eigenvalue weighted by molar-refractivity contribution is 6.12. The minimum atomic E-state index is -0.980. The lowest BCUT2D eigenvalue weighted by Gasteiger charge is -2.33. The van der Waals surface area contributed by atoms with Crippen molar-refractivity contribution in [3.8, 4) is 0 Å². The first-order valence-corrected chi connectivity index (χ1v) is 13.3. The second kappa shape index (κ2) is 10.5. The van der Waals surface area contributed by atoms with Crippen molar-refractivity contribution in [2.75, 3.05) is 0 Å². The summed E-state index contributed by atoms with van der Waals surface area (Å²) in [7, 11) is 0. The molecule has 42 heavy (non-hydrogen) atoms. The zero-order valence-corrected chi connectivity index (χ0v) is 22.1. The molecular formula is C31H24N4O7. The molecule has 3 aromatic carbocycles. The molecule has 4 atom stereocenters. The summed E-state index contributed by atoms with van der Waals surface area (Å²) in [5.74, 6) is -2.92. The SMILES string of the molecule is O=C(c1ccc([N+](=O)[O-])cc1)[C@@H]1[C@@H]2C(=O)N(Cc3ccccc3)C(=O)[C@H]2[C@@H]2C=C(Cc3ccc([N+](=O)[O-])cc3)C=CN12. The standard InChI is InChI=1S/C31H24N4O7/c36-29(22-8-12-24(13-9-22)35(41)42)28-27-26(30(37)33(31(27)38)18-20-4-2-1-3-5-20)25-17-21(14-15-32(25)28)16-19-6-10-23(11-7-19)34(39)40/h1-15,17,25-28H,16,18H2/t25-,26-,27+,28-/m0/s1. The summed E-state index contributed by atoms with van der Waals surface area (Å²) in [6, 6.07) is 19.0. The number of imide groups is 1. The number of benzene rings is 3. The fourth-order valence-corrected chi connectivity index (χ4v) is 6.09. The average Bonchev–Trinajstić information content (AvgIpc) is 3.45. The van der Waals surface area contributed by atoms with Crippen LogP contribution in [0.5, 0.6) is 0 Å². The highest BCUT2D eigenvalue weighted by atomic mass is 16.6. The van der Waals surface area contributed by atoms with Crippen LogP contribution in [0.4, 0.5) is 11.4 Å². The quantitative estimate of drug-likeness (QED) is 0.171. The Morgan fingerprint density at radius 3 is 1.98 bits per heavy atom. The normalized spacial score (nSPS) is 22.5. The number of nitro benzene ring substituents is 2. The number of Topliss-reactive ketones (excluding diaryl/α,β-unsaturated/α-hetero) is 1. The molecule has 11 heteroatoms. The molecule has 2 amide bonds. The zero-order chi connectivity index (χ0) is 29.5. The highest BCUT2D eigenvalue weighted by Crippen LogP contribution is 2.46. The molecule has 0 aliphatic carbocycles. The monoisotopic (exact) mass is 564 g/mol. The summed E-state index contributed by atoms with van der Waals surface area (Å²) in [5, 5.41) is 22.2. The third-order valence-corrected chi connectivity index (χ3v) is 8.08. The molecule has 3 aliphatic rings. The van der Waals surface area contributed by atoms with E-state index in [0.29, 0.717) is 6.42 Å². The molecular weight excluding hydrogens is 540 g/mol. The number of nitrogens with zero attached hydrogens (tertiary/aromatic N) is 4. The van der Waals surface area contributed by atoms with Gasteiger partial charge in [-0.25, -0.2) is 0 Å². The number of non-ortho nitro benzene ring substituents is 2. The van der Waals surface area contributed by atoms with Crippen molar-refractivity contribution in [1.82, 2.24) is 9.80 Å². The molecule has 0 bridgehead atoms. The number of fused-ring (bicyclic) bond motifs is 3. The number of likely N-dealkylation sites (tertiary alicyclic amines) is 1. The Morgan fingerprint density at radius 1 is 0.762 bits per heavy atom. The van der Waals surface area contributed by atoms with Crippen molar-refractivity contribution in [2.24, 2.45) is 11.8 Å². The predicted molar refractivity (Wildman–Crippen MR) is 150 cm³/mol. The number of ketones is 1. The van der Waals surface area contributed by atoms with E-state index in [9.17, 15) is 34.6 Å². The van der Waals surface area contributed by atoms with Crippen LogP contribution in [0, 0.1) is 32.1 Å². The van der Waals surface area contributed by atoms with Crippen LogP contribution in [-0.2, 0) is 22.6 Å². The molecule has 210 valence electrons. The van der Waals surface area contributed by atoms with Gasteiger partial charge in [0.05, 0.1) is 34.3 Å². The fraction of sp³-hybridized carbons (Fsp3) is 0.194. The van der Waals surface area contributed by atoms with Crippen molar-refractivity contribution >= 4 is 29.0 Å². The van der Waals surface area contributed by atoms with Gasteiger partial charge in [-0.05, 0) is 41.3 Å². The summed E-state index contributed by atoms with van der Waals surface area (Å²) in [4.78, 5) is 65.7. The van der Waals surface area contributed by atoms with Gasteiger partial charge >= 0.3 is 0 Å². The Hall–Kier alpha value is -5.45. The molecule has 6 rings (SSSR count). The molecule has 2 fully saturated rings. The average molecular weight is 565 g/mol. The number of carbonyl (C=O) groups is 3. The number of nitro groups is 2. The number of hydrogen-bond donors (Lipinski definition) is 0. The molecule has 0 unspecified atom stereocenters. The maximum atomic E-state index is 13.9. The van der Waals surface area contributed by atoms with Crippen LogP contribution >= 0.6 is 0 Å². The molecule has 3 heterocycles. The topological polar surface area (TPSA) is 144 Å². The van der Waals surface area contributed by atoms with Gasteiger partial charge in [0, 0.05) is 36.0 Å². The summed E-state index contributed by atoms with van der Waals surface area (Å²) < 4.78 is 0. The molecule has 0 N–H and O–H groups in total. The van der Waals surface area contributed by atoms with Crippen molar-refractivity contribution in [1.29, 1.82) is 0 Å². The van der Waals surface area contributed by atoms with Gasteiger partial charge in [0.25, 0.3) is 11.4 Å². The van der Waals surface area contributed by atoms with E-state index in [0.717, 1.165) is 16.7 Å². The van der Waals surface area contributed by atoms with Gasteiger partial charge in [0.15, 0.2) is 5.78 Å². The van der Waals surface area contributed by atoms with Gasteiger partial charge in [0.1, 0.15) is 6.04 Å². The van der Waals surface area contributed by atoms with E-state index in [1.54, 1.807) is 23.2 Å². The number of carbonyl (C=O) groups excluding carboxylic acids is 3. The minimum Gasteiger partial charge on any atom is -0.359 e. The lowest BCUT2D eigenvalue weighted by Crippen LogP contribution is -2.45. The van der Waals surface area contributed by atoms with Crippen LogP contribution in [-0.4, -0.2) is 49.3 Å². The first-order valence-electron chi connectivity index (χ1n) is 13.3. The zero-order valence-electron chi connectivity index (χ0n) is 22.1. The Labute approximate surface area is 239 Å². The maximum Gasteiger partial charge on any atom is 0.269 e. The first-order chi connectivity index (χ1) is 20.2. The van der Waals surface area contributed by atoms with E-state index in [2.05, 4.69) is 0 Å². The smallest absolute Gasteiger partial charge is 0.269 e. The molecule has 0 aromatic heterocycles. The van der Waals surface area contributed by atoms with Gasteiger partial charge in [-0.1, -0.05) is 48.5 Å². The van der Waals surface area contributed by atoms with Crippen LogP contribution < -0.4 is 0 Å². The molecule has 11 nitrogen and oxygen atoms in total. The van der Waals surface area contributed by atoms with Gasteiger partial charge in [-0.2, -0.15) is 0 Å². The second-order valence-electron chi connectivity index (χ2n) is 10.5. The summed E-state index contributed by atoms with van der Waals surface area (Å²) in [6.07, 6.45) is 5.86. The predicted octanol–water partition coefficient (Wildman–Crippen LogP) is 4.24. The van der Waals surface area contributed by atoms with Crippen molar-refractivity contribution in [2.45, 2.75) is 25.0 Å². The lowest BCUT2D eigenvalue weighted by molar-refractivity contribution is -0.385.